The van der Waals surface area contributed by atoms with Crippen molar-refractivity contribution >= 4 is 11.7 Å². The molecule has 106 valence electrons. The molecule has 0 radical (unpaired) electrons. The third-order valence-electron chi connectivity index (χ3n) is 3.70. The Morgan fingerprint density at radius 1 is 1.35 bits per heavy atom. The van der Waals surface area contributed by atoms with E-state index in [2.05, 4.69) is 23.1 Å². The molecular formula is C16H20N2O2. The Balaban J connectivity index is 1.90. The molecule has 1 saturated heterocycles. The van der Waals surface area contributed by atoms with E-state index >= 15 is 0 Å². The van der Waals surface area contributed by atoms with Gasteiger partial charge in [-0.25, -0.2) is 0 Å². The van der Waals surface area contributed by atoms with Crippen LogP contribution in [-0.2, 0) is 16.0 Å². The molecule has 0 spiro atoms. The van der Waals surface area contributed by atoms with Crippen molar-refractivity contribution in [2.75, 3.05) is 24.6 Å². The molecule has 1 fully saturated rings. The summed E-state index contributed by atoms with van der Waals surface area (Å²) in [4.78, 5) is 14.0. The number of hydrogen-bond donors (Lipinski definition) is 0. The van der Waals surface area contributed by atoms with Crippen molar-refractivity contribution in [1.82, 2.24) is 0 Å². The third-order valence-corrected chi connectivity index (χ3v) is 3.70. The quantitative estimate of drug-likeness (QED) is 0.790. The molecule has 0 atom stereocenters. The molecule has 0 aromatic heterocycles. The first-order valence-corrected chi connectivity index (χ1v) is 7.12. The number of anilines is 1. The van der Waals surface area contributed by atoms with Gasteiger partial charge in [0.1, 0.15) is 0 Å². The number of rotatable bonds is 4. The Morgan fingerprint density at radius 3 is 2.55 bits per heavy atom. The van der Waals surface area contributed by atoms with Crippen LogP contribution in [0.3, 0.4) is 0 Å². The number of nitrogens with zero attached hydrogens (tertiary/aromatic N) is 2. The number of carbonyl (C=O) groups is 1. The van der Waals surface area contributed by atoms with Gasteiger partial charge in [0.2, 0.25) is 0 Å². The lowest BCUT2D eigenvalue weighted by Gasteiger charge is -2.32. The number of ether oxygens (including phenoxy) is 1. The van der Waals surface area contributed by atoms with Gasteiger partial charge >= 0.3 is 5.97 Å². The smallest absolute Gasteiger partial charge is 0.309 e. The molecule has 4 nitrogen and oxygen atoms in total. The van der Waals surface area contributed by atoms with Gasteiger partial charge in [-0.15, -0.1) is 0 Å². The van der Waals surface area contributed by atoms with Crippen LogP contribution in [0, 0.1) is 17.2 Å². The Labute approximate surface area is 120 Å². The summed E-state index contributed by atoms with van der Waals surface area (Å²) in [5, 5.41) is 8.66. The van der Waals surface area contributed by atoms with Crippen LogP contribution in [0.4, 0.5) is 5.69 Å². The van der Waals surface area contributed by atoms with Crippen LogP contribution in [-0.4, -0.2) is 25.7 Å². The van der Waals surface area contributed by atoms with E-state index in [1.54, 1.807) is 0 Å². The zero-order valence-corrected chi connectivity index (χ0v) is 11.8. The lowest BCUT2D eigenvalue weighted by molar-refractivity contribution is -0.148. The van der Waals surface area contributed by atoms with Crippen LogP contribution >= 0.6 is 0 Å². The number of piperidine rings is 1. The first-order valence-electron chi connectivity index (χ1n) is 7.12. The normalized spacial score (nSPS) is 15.7. The van der Waals surface area contributed by atoms with E-state index in [1.165, 1.54) is 0 Å². The highest BCUT2D eigenvalue weighted by Crippen LogP contribution is 2.24. The number of benzene rings is 1. The zero-order chi connectivity index (χ0) is 14.4. The second-order valence-corrected chi connectivity index (χ2v) is 5.01. The van der Waals surface area contributed by atoms with E-state index in [-0.39, 0.29) is 11.9 Å². The molecule has 0 aliphatic carbocycles. The fourth-order valence-corrected chi connectivity index (χ4v) is 2.55. The van der Waals surface area contributed by atoms with Crippen LogP contribution in [0.25, 0.3) is 0 Å². The molecular weight excluding hydrogens is 252 g/mol. The lowest BCUT2D eigenvalue weighted by atomic mass is 9.96. The SMILES string of the molecule is CCOC(=O)C1CCN(c2ccc(CC#N)cc2)CC1. The van der Waals surface area contributed by atoms with Crippen LogP contribution in [0.1, 0.15) is 25.3 Å². The number of nitriles is 1. The van der Waals surface area contributed by atoms with Crippen molar-refractivity contribution in [3.05, 3.63) is 29.8 Å². The molecule has 0 amide bonds. The molecule has 0 bridgehead atoms. The first kappa shape index (κ1) is 14.4. The van der Waals surface area contributed by atoms with Gasteiger partial charge in [-0.3, -0.25) is 4.79 Å². The minimum Gasteiger partial charge on any atom is -0.466 e. The molecule has 0 saturated carbocycles. The van der Waals surface area contributed by atoms with Crippen LogP contribution in [0.15, 0.2) is 24.3 Å². The number of hydrogen-bond acceptors (Lipinski definition) is 4. The average molecular weight is 272 g/mol. The van der Waals surface area contributed by atoms with Gasteiger partial charge in [-0.05, 0) is 37.5 Å². The Bertz CT molecular complexity index is 482. The van der Waals surface area contributed by atoms with Crippen LogP contribution in [0.2, 0.25) is 0 Å². The van der Waals surface area contributed by atoms with Crippen molar-refractivity contribution in [1.29, 1.82) is 5.26 Å². The summed E-state index contributed by atoms with van der Waals surface area (Å²) in [7, 11) is 0. The summed E-state index contributed by atoms with van der Waals surface area (Å²) in [5.41, 5.74) is 2.20. The Morgan fingerprint density at radius 2 is 2.00 bits per heavy atom. The molecule has 20 heavy (non-hydrogen) atoms. The van der Waals surface area contributed by atoms with E-state index in [4.69, 9.17) is 10.00 Å². The summed E-state index contributed by atoms with van der Waals surface area (Å²) in [6.45, 7) is 4.05. The van der Waals surface area contributed by atoms with E-state index in [1.807, 2.05) is 19.1 Å². The highest BCUT2D eigenvalue weighted by atomic mass is 16.5. The monoisotopic (exact) mass is 272 g/mol. The molecule has 1 aromatic carbocycles. The maximum absolute atomic E-state index is 11.7. The number of carbonyl (C=O) groups excluding carboxylic acids is 1. The van der Waals surface area contributed by atoms with Gasteiger partial charge in [0, 0.05) is 18.8 Å². The van der Waals surface area contributed by atoms with E-state index in [0.29, 0.717) is 13.0 Å². The van der Waals surface area contributed by atoms with Crippen molar-refractivity contribution < 1.29 is 9.53 Å². The molecule has 0 N–H and O–H groups in total. The van der Waals surface area contributed by atoms with Crippen molar-refractivity contribution in [3.63, 3.8) is 0 Å². The second kappa shape index (κ2) is 6.95. The lowest BCUT2D eigenvalue weighted by Crippen LogP contribution is -2.36. The maximum Gasteiger partial charge on any atom is 0.309 e. The highest BCUT2D eigenvalue weighted by molar-refractivity contribution is 5.72. The second-order valence-electron chi connectivity index (χ2n) is 5.01. The molecule has 0 unspecified atom stereocenters. The third kappa shape index (κ3) is 3.51. The Hall–Kier alpha value is -2.02. The first-order chi connectivity index (χ1) is 9.74. The van der Waals surface area contributed by atoms with Gasteiger partial charge in [-0.2, -0.15) is 5.26 Å². The molecule has 1 aromatic rings. The van der Waals surface area contributed by atoms with Gasteiger partial charge in [0.15, 0.2) is 0 Å². The average Bonchev–Trinajstić information content (AvgIpc) is 2.49. The van der Waals surface area contributed by atoms with Crippen molar-refractivity contribution in [3.8, 4) is 6.07 Å². The topological polar surface area (TPSA) is 53.3 Å². The van der Waals surface area contributed by atoms with Gasteiger partial charge in [0.05, 0.1) is 25.0 Å². The summed E-state index contributed by atoms with van der Waals surface area (Å²) < 4.78 is 5.08. The molecule has 2 rings (SSSR count). The van der Waals surface area contributed by atoms with Crippen LogP contribution in [0.5, 0.6) is 0 Å². The predicted octanol–water partition coefficient (Wildman–Crippen LogP) is 2.53. The van der Waals surface area contributed by atoms with Crippen molar-refractivity contribution in [2.45, 2.75) is 26.2 Å². The van der Waals surface area contributed by atoms with E-state index in [9.17, 15) is 4.79 Å². The largest absolute Gasteiger partial charge is 0.466 e. The molecule has 1 heterocycles. The van der Waals surface area contributed by atoms with E-state index in [0.717, 1.165) is 37.2 Å². The summed E-state index contributed by atoms with van der Waals surface area (Å²) in [6.07, 6.45) is 2.14. The van der Waals surface area contributed by atoms with Gasteiger partial charge in [0.25, 0.3) is 0 Å². The summed E-state index contributed by atoms with van der Waals surface area (Å²) >= 11 is 0. The molecule has 1 aliphatic rings. The predicted molar refractivity (Wildman–Crippen MR) is 77.3 cm³/mol. The zero-order valence-electron chi connectivity index (χ0n) is 11.8. The summed E-state index contributed by atoms with van der Waals surface area (Å²) in [5.74, 6) is -0.0134. The number of esters is 1. The minimum atomic E-state index is -0.0588. The fraction of sp³-hybridized carbons (Fsp3) is 0.500. The van der Waals surface area contributed by atoms with Crippen LogP contribution < -0.4 is 4.90 Å². The van der Waals surface area contributed by atoms with Gasteiger partial charge < -0.3 is 9.64 Å². The van der Waals surface area contributed by atoms with Crippen molar-refractivity contribution in [2.24, 2.45) is 5.92 Å². The Kier molecular flexibility index (Phi) is 5.00. The van der Waals surface area contributed by atoms with Gasteiger partial charge in [-0.1, -0.05) is 12.1 Å². The molecule has 1 aliphatic heterocycles. The maximum atomic E-state index is 11.7. The summed E-state index contributed by atoms with van der Waals surface area (Å²) in [6, 6.07) is 10.2. The van der Waals surface area contributed by atoms with E-state index < -0.39 is 0 Å². The highest BCUT2D eigenvalue weighted by Gasteiger charge is 2.25. The molecule has 4 heteroatoms. The fourth-order valence-electron chi connectivity index (χ4n) is 2.55. The standard InChI is InChI=1S/C16H20N2O2/c1-2-20-16(19)14-8-11-18(12-9-14)15-5-3-13(4-6-15)7-10-17/h3-6,14H,2,7-9,11-12H2,1H3. The minimum absolute atomic E-state index is 0.0454.